The van der Waals surface area contributed by atoms with Gasteiger partial charge >= 0.3 is 21.3 Å². The summed E-state index contributed by atoms with van der Waals surface area (Å²) in [6.45, 7) is -0.914. The Kier molecular flexibility index (Phi) is 9.06. The molecule has 3 rings (SSSR count). The van der Waals surface area contributed by atoms with E-state index >= 15 is 0 Å². The maximum absolute atomic E-state index is 12.2. The number of nitrogens with one attached hydrogen (secondary N) is 2. The Bertz CT molecular complexity index is 1300. The average molecular weight is 616 g/mol. The van der Waals surface area contributed by atoms with Gasteiger partial charge in [0.25, 0.3) is 5.56 Å². The second-order valence-electron chi connectivity index (χ2n) is 7.18. The number of nitrogens with zero attached hydrogens (tertiary/aromatic N) is 1. The summed E-state index contributed by atoms with van der Waals surface area (Å²) in [5.74, 6) is -0.594. The summed E-state index contributed by atoms with van der Waals surface area (Å²) in [5.41, 5.74) is -1.32. The van der Waals surface area contributed by atoms with Gasteiger partial charge in [-0.25, -0.2) is 13.9 Å². The van der Waals surface area contributed by atoms with Crippen molar-refractivity contribution in [3.8, 4) is 5.75 Å². The van der Waals surface area contributed by atoms with Gasteiger partial charge in [0.15, 0.2) is 6.23 Å². The molecule has 2 heterocycles. The quantitative estimate of drug-likeness (QED) is 0.150. The Labute approximate surface area is 209 Å². The van der Waals surface area contributed by atoms with E-state index in [4.69, 9.17) is 9.26 Å². The number of aliphatic hydroxyl groups is 2. The van der Waals surface area contributed by atoms with Crippen LogP contribution in [-0.4, -0.2) is 65.7 Å². The van der Waals surface area contributed by atoms with Crippen LogP contribution in [0.5, 0.6) is 5.75 Å². The van der Waals surface area contributed by atoms with Crippen molar-refractivity contribution in [3.05, 3.63) is 57.4 Å². The van der Waals surface area contributed by atoms with E-state index in [1.54, 1.807) is 0 Å². The number of rotatable bonds is 10. The van der Waals surface area contributed by atoms with Gasteiger partial charge in [-0.05, 0) is 24.3 Å². The molecule has 36 heavy (non-hydrogen) atoms. The van der Waals surface area contributed by atoms with E-state index in [9.17, 15) is 43.5 Å². The number of benzene rings is 1. The topological polar surface area (TPSA) is 236 Å². The summed E-state index contributed by atoms with van der Waals surface area (Å²) in [5, 5.41) is 22.8. The number of ether oxygens (including phenoxy) is 1. The van der Waals surface area contributed by atoms with E-state index in [1.807, 2.05) is 4.98 Å². The predicted molar refractivity (Wildman–Crippen MR) is 123 cm³/mol. The Hall–Kier alpha value is -2.17. The van der Waals surface area contributed by atoms with Gasteiger partial charge in [0.05, 0.1) is 11.9 Å². The molecule has 16 nitrogen and oxygen atoms in total. The molecule has 1 aliphatic heterocycles. The van der Waals surface area contributed by atoms with Crippen LogP contribution in [0.25, 0.3) is 0 Å². The van der Waals surface area contributed by atoms with Crippen LogP contribution in [0.1, 0.15) is 6.23 Å². The number of carbonyl (C=O) groups is 1. The molecule has 6 N–H and O–H groups in total. The van der Waals surface area contributed by atoms with Gasteiger partial charge in [0, 0.05) is 18.0 Å². The Morgan fingerprint density at radius 1 is 1.11 bits per heavy atom. The summed E-state index contributed by atoms with van der Waals surface area (Å²) in [6.07, 6.45) is -5.36. The lowest BCUT2D eigenvalue weighted by Gasteiger charge is -2.19. The molecule has 1 aromatic carbocycles. The normalized spacial score (nSPS) is 25.0. The Balaban J connectivity index is 1.59. The van der Waals surface area contributed by atoms with Gasteiger partial charge in [-0.3, -0.25) is 28.6 Å². The number of aliphatic hydroxyl groups excluding tert-OH is 2. The zero-order valence-corrected chi connectivity index (χ0v) is 21.2. The maximum Gasteiger partial charge on any atom is 0.536 e. The number of H-pyrrole nitrogens is 1. The minimum absolute atomic E-state index is 0.0465. The van der Waals surface area contributed by atoms with Crippen molar-refractivity contribution in [2.45, 2.75) is 24.5 Å². The van der Waals surface area contributed by atoms with Crippen LogP contribution in [0.15, 0.2) is 46.1 Å². The third-order valence-corrected chi connectivity index (χ3v) is 7.63. The van der Waals surface area contributed by atoms with Gasteiger partial charge in [0.1, 0.15) is 24.1 Å². The highest BCUT2D eigenvalue weighted by Gasteiger charge is 2.46. The van der Waals surface area contributed by atoms with Crippen molar-refractivity contribution in [2.75, 3.05) is 17.3 Å². The molecule has 1 fully saturated rings. The van der Waals surface area contributed by atoms with Gasteiger partial charge in [-0.15, -0.1) is 0 Å². The highest BCUT2D eigenvalue weighted by atomic mass is 79.9. The van der Waals surface area contributed by atoms with E-state index in [0.717, 1.165) is 16.8 Å². The van der Waals surface area contributed by atoms with E-state index in [1.165, 1.54) is 24.3 Å². The second-order valence-corrected chi connectivity index (χ2v) is 10.7. The van der Waals surface area contributed by atoms with E-state index in [2.05, 4.69) is 30.1 Å². The number of halogens is 1. The van der Waals surface area contributed by atoms with Crippen LogP contribution in [0.4, 0.5) is 5.69 Å². The highest BCUT2D eigenvalue weighted by molar-refractivity contribution is 9.09. The molecule has 0 radical (unpaired) electrons. The number of phosphoric acid groups is 2. The zero-order valence-electron chi connectivity index (χ0n) is 17.9. The number of hydrogen-bond acceptors (Lipinski definition) is 11. The Morgan fingerprint density at radius 2 is 1.78 bits per heavy atom. The predicted octanol–water partition coefficient (Wildman–Crippen LogP) is -0.198. The molecular weight excluding hydrogens is 596 g/mol. The summed E-state index contributed by atoms with van der Waals surface area (Å²) in [7, 11) is -10.5. The van der Waals surface area contributed by atoms with Crippen molar-refractivity contribution >= 4 is 43.2 Å². The van der Waals surface area contributed by atoms with Gasteiger partial charge in [0.2, 0.25) is 5.91 Å². The molecule has 1 amide bonds. The summed E-state index contributed by atoms with van der Waals surface area (Å²) in [6, 6.07) is 6.00. The molecular formula is C17H20BrN3O13P2. The fraction of sp³-hybridized carbons (Fsp3) is 0.353. The summed E-state index contributed by atoms with van der Waals surface area (Å²) >= 11 is 2.97. The first kappa shape index (κ1) is 28.4. The third kappa shape index (κ3) is 7.43. The number of phosphoric ester groups is 2. The summed E-state index contributed by atoms with van der Waals surface area (Å²) in [4.78, 5) is 56.0. The van der Waals surface area contributed by atoms with Crippen molar-refractivity contribution in [1.29, 1.82) is 0 Å². The zero-order chi connectivity index (χ0) is 26.7. The van der Waals surface area contributed by atoms with Gasteiger partial charge in [-0.2, -0.15) is 4.31 Å². The van der Waals surface area contributed by atoms with E-state index < -0.39 is 58.0 Å². The highest BCUT2D eigenvalue weighted by Crippen LogP contribution is 2.60. The van der Waals surface area contributed by atoms with Crippen LogP contribution >= 0.6 is 31.6 Å². The van der Waals surface area contributed by atoms with Crippen molar-refractivity contribution in [3.63, 3.8) is 0 Å². The molecule has 0 saturated carbocycles. The van der Waals surface area contributed by atoms with Crippen LogP contribution in [0.2, 0.25) is 0 Å². The van der Waals surface area contributed by atoms with Crippen LogP contribution in [0.3, 0.4) is 0 Å². The largest absolute Gasteiger partial charge is 0.536 e. The molecule has 19 heteroatoms. The van der Waals surface area contributed by atoms with Gasteiger partial charge in [-0.1, -0.05) is 15.9 Å². The van der Waals surface area contributed by atoms with Crippen LogP contribution in [0, 0.1) is 0 Å². The standard InChI is InChI=1S/C17H20BrN3O13P2/c18-7-13(23)19-9-1-3-10(4-2-9)33-36(29,30)34-35(27,28)31-8-11-14(24)15(25)16(32-11)21-6-5-12(22)20-17(21)26/h1-6,11,14-16,24-25H,7-8H2,(H,19,23)(H,27,28)(H,29,30)(H,20,22,26)/t11-,14+,15-,16-/m1/s1. The first-order valence-electron chi connectivity index (χ1n) is 9.80. The Morgan fingerprint density at radius 3 is 2.39 bits per heavy atom. The molecule has 1 aromatic heterocycles. The number of carbonyl (C=O) groups excluding carboxylic acids is 1. The second kappa shape index (κ2) is 11.5. The van der Waals surface area contributed by atoms with Crippen molar-refractivity contribution in [1.82, 2.24) is 9.55 Å². The molecule has 198 valence electrons. The molecule has 2 aromatic rings. The smallest absolute Gasteiger partial charge is 0.404 e. The average Bonchev–Trinajstić information content (AvgIpc) is 3.06. The maximum atomic E-state index is 12.2. The first-order chi connectivity index (χ1) is 16.8. The fourth-order valence-corrected chi connectivity index (χ4v) is 5.22. The minimum Gasteiger partial charge on any atom is -0.404 e. The first-order valence-corrected chi connectivity index (χ1v) is 13.9. The number of anilines is 1. The monoisotopic (exact) mass is 615 g/mol. The number of aromatic nitrogens is 2. The summed E-state index contributed by atoms with van der Waals surface area (Å²) < 4.78 is 43.9. The number of hydrogen-bond donors (Lipinski definition) is 6. The third-order valence-electron chi connectivity index (χ3n) is 4.55. The van der Waals surface area contributed by atoms with Crippen LogP contribution < -0.4 is 21.1 Å². The molecule has 0 aliphatic carbocycles. The minimum atomic E-state index is -5.28. The molecule has 6 atom stereocenters. The van der Waals surface area contributed by atoms with Gasteiger partial charge < -0.3 is 29.7 Å². The molecule has 1 saturated heterocycles. The van der Waals surface area contributed by atoms with Crippen molar-refractivity contribution in [2.24, 2.45) is 0 Å². The lowest BCUT2D eigenvalue weighted by atomic mass is 10.1. The molecule has 1 aliphatic rings. The molecule has 0 bridgehead atoms. The SMILES string of the molecule is O=C(CBr)Nc1ccc(OP(=O)(O)OP(=O)(O)OC[C@H]2O[C@@H](n3ccc(=O)[nH]c3=O)[C@H](O)[C@H]2O)cc1. The van der Waals surface area contributed by atoms with E-state index in [-0.39, 0.29) is 17.0 Å². The van der Waals surface area contributed by atoms with E-state index in [0.29, 0.717) is 5.69 Å². The lowest BCUT2D eigenvalue weighted by molar-refractivity contribution is -0.113. The van der Waals surface area contributed by atoms with Crippen molar-refractivity contribution < 1.29 is 52.0 Å². The molecule has 2 unspecified atom stereocenters. The fourth-order valence-electron chi connectivity index (χ4n) is 2.99. The molecule has 0 spiro atoms. The number of amides is 1. The number of alkyl halides is 1. The lowest BCUT2D eigenvalue weighted by Crippen LogP contribution is -2.37. The number of aromatic amines is 1. The van der Waals surface area contributed by atoms with Crippen LogP contribution in [-0.2, 0) is 27.5 Å².